The molecule has 0 aliphatic rings. The van der Waals surface area contributed by atoms with Crippen LogP contribution in [0.4, 0.5) is 26.3 Å². The van der Waals surface area contributed by atoms with Crippen LogP contribution in [0.15, 0.2) is 182 Å². The second kappa shape index (κ2) is 16.6. The van der Waals surface area contributed by atoms with Gasteiger partial charge in [0.1, 0.15) is 0 Å². The summed E-state index contributed by atoms with van der Waals surface area (Å²) in [5, 5.41) is 21.5. The number of hydrogen-bond acceptors (Lipinski definition) is 5. The van der Waals surface area contributed by atoms with Gasteiger partial charge in [-0.05, 0) is 89.0 Å². The Bertz CT molecular complexity index is 3500. The first kappa shape index (κ1) is 42.1. The maximum absolute atomic E-state index is 14.6. The van der Waals surface area contributed by atoms with Crippen LogP contribution in [0.5, 0.6) is 0 Å². The predicted octanol–water partition coefficient (Wildman–Crippen LogP) is 14.8. The number of rotatable bonds is 7. The number of hydrogen-bond donors (Lipinski definition) is 0. The third-order valence-corrected chi connectivity index (χ3v) is 11.5. The monoisotopic (exact) mass is 888 g/mol. The van der Waals surface area contributed by atoms with E-state index < -0.39 is 29.0 Å². The van der Waals surface area contributed by atoms with Crippen molar-refractivity contribution in [3.05, 3.63) is 204 Å². The lowest BCUT2D eigenvalue weighted by Gasteiger charge is -2.21. The fraction of sp³-hybridized carbons (Fsp3) is 0.0364. The van der Waals surface area contributed by atoms with Gasteiger partial charge in [-0.25, -0.2) is 15.0 Å². The lowest BCUT2D eigenvalue weighted by Crippen LogP contribution is -2.12. The minimum absolute atomic E-state index is 0.0639. The molecule has 6 nitrogen and oxygen atoms in total. The van der Waals surface area contributed by atoms with Gasteiger partial charge in [-0.3, -0.25) is 0 Å². The van der Waals surface area contributed by atoms with Gasteiger partial charge in [-0.15, -0.1) is 0 Å². The molecule has 10 aromatic rings. The Balaban J connectivity index is 1.31. The van der Waals surface area contributed by atoms with Crippen LogP contribution < -0.4 is 0 Å². The van der Waals surface area contributed by atoms with Crippen molar-refractivity contribution in [2.45, 2.75) is 12.4 Å². The average Bonchev–Trinajstić information content (AvgIpc) is 3.69. The highest BCUT2D eigenvalue weighted by atomic mass is 19.4. The van der Waals surface area contributed by atoms with Gasteiger partial charge in [-0.1, -0.05) is 115 Å². The van der Waals surface area contributed by atoms with Crippen LogP contribution in [-0.4, -0.2) is 19.5 Å². The van der Waals surface area contributed by atoms with E-state index in [9.17, 15) is 36.9 Å². The molecule has 12 heteroatoms. The van der Waals surface area contributed by atoms with E-state index in [1.165, 1.54) is 6.07 Å². The molecular weight excluding hydrogens is 859 g/mol. The number of halogens is 6. The van der Waals surface area contributed by atoms with E-state index in [4.69, 9.17) is 15.0 Å². The van der Waals surface area contributed by atoms with Gasteiger partial charge in [-0.2, -0.15) is 36.9 Å². The van der Waals surface area contributed by atoms with E-state index in [1.54, 1.807) is 54.6 Å². The van der Waals surface area contributed by atoms with Crippen LogP contribution in [-0.2, 0) is 12.4 Å². The van der Waals surface area contributed by atoms with Gasteiger partial charge in [0.25, 0.3) is 0 Å². The Morgan fingerprint density at radius 2 is 0.881 bits per heavy atom. The molecular formula is C55H30F6N6. The molecule has 0 radical (unpaired) electrons. The van der Waals surface area contributed by atoms with Crippen molar-refractivity contribution in [1.29, 1.82) is 10.5 Å². The summed E-state index contributed by atoms with van der Waals surface area (Å²) in [7, 11) is 0. The zero-order valence-corrected chi connectivity index (χ0v) is 34.8. The smallest absolute Gasteiger partial charge is 0.308 e. The van der Waals surface area contributed by atoms with Gasteiger partial charge >= 0.3 is 12.4 Å². The maximum Gasteiger partial charge on any atom is 0.417 e. The molecule has 322 valence electrons. The molecule has 0 aliphatic carbocycles. The summed E-state index contributed by atoms with van der Waals surface area (Å²) in [6, 6.07) is 55.2. The molecule has 0 unspecified atom stereocenters. The third-order valence-electron chi connectivity index (χ3n) is 11.5. The van der Waals surface area contributed by atoms with Gasteiger partial charge in [0, 0.05) is 38.6 Å². The SMILES string of the molecule is N#Cc1cccc(-c2cc(-c3nc(-c4ccccc4)nc(-c4ccccc4)n3)cc(-c3cccc(C#N)c3)c2-n2c3ccccc3c3cc(-c4ccc(C(F)(F)F)cc4C(F)(F)F)ccc32)c1. The number of para-hydroxylation sites is 1. The molecule has 2 heterocycles. The van der Waals surface area contributed by atoms with E-state index in [0.717, 1.165) is 17.2 Å². The summed E-state index contributed by atoms with van der Waals surface area (Å²) in [5.74, 6) is 1.18. The highest BCUT2D eigenvalue weighted by Crippen LogP contribution is 2.46. The molecule has 0 N–H and O–H groups in total. The summed E-state index contributed by atoms with van der Waals surface area (Å²) in [6.07, 6.45) is -10.1. The van der Waals surface area contributed by atoms with Crippen molar-refractivity contribution in [2.24, 2.45) is 0 Å². The van der Waals surface area contributed by atoms with Crippen LogP contribution in [0, 0.1) is 22.7 Å². The standard InChI is InChI=1S/C55H30F6N6/c56-54(57,58)41-22-23-42(47(30-41)55(59,60)61)39-21-24-49-46(27-39)43-19-7-8-20-48(43)67(49)50-44(37-17-9-11-33(25-37)31-62)28-40(29-45(50)38-18-10-12-34(26-38)32-63)53-65-51(35-13-3-1-4-14-35)64-52(66-53)36-15-5-2-6-16-36/h1-30H. The summed E-state index contributed by atoms with van der Waals surface area (Å²) in [5.41, 5.74) is 3.99. The molecule has 0 amide bonds. The Hall–Kier alpha value is -8.87. The van der Waals surface area contributed by atoms with Gasteiger partial charge in [0.05, 0.1) is 51.1 Å². The predicted molar refractivity (Wildman–Crippen MR) is 246 cm³/mol. The van der Waals surface area contributed by atoms with Crippen LogP contribution in [0.2, 0.25) is 0 Å². The van der Waals surface area contributed by atoms with Gasteiger partial charge < -0.3 is 4.57 Å². The normalized spacial score (nSPS) is 11.7. The lowest BCUT2D eigenvalue weighted by molar-refractivity contribution is -0.142. The maximum atomic E-state index is 14.6. The topological polar surface area (TPSA) is 91.2 Å². The van der Waals surface area contributed by atoms with Crippen molar-refractivity contribution in [3.8, 4) is 85.4 Å². The number of fused-ring (bicyclic) bond motifs is 3. The summed E-state index contributed by atoms with van der Waals surface area (Å²) in [4.78, 5) is 15.0. The first-order valence-electron chi connectivity index (χ1n) is 20.8. The Morgan fingerprint density at radius 1 is 0.388 bits per heavy atom. The molecule has 0 bridgehead atoms. The van der Waals surface area contributed by atoms with E-state index >= 15 is 0 Å². The van der Waals surface area contributed by atoms with Crippen molar-refractivity contribution >= 4 is 21.8 Å². The number of benzene rings is 8. The van der Waals surface area contributed by atoms with E-state index in [-0.39, 0.29) is 11.6 Å². The molecule has 0 atom stereocenters. The molecule has 10 rings (SSSR count). The number of nitriles is 2. The largest absolute Gasteiger partial charge is 0.417 e. The van der Waals surface area contributed by atoms with Crippen LogP contribution >= 0.6 is 0 Å². The quantitative estimate of drug-likeness (QED) is 0.149. The zero-order chi connectivity index (χ0) is 46.5. The zero-order valence-electron chi connectivity index (χ0n) is 34.8. The summed E-state index contributed by atoms with van der Waals surface area (Å²) >= 11 is 0. The Morgan fingerprint density at radius 3 is 1.42 bits per heavy atom. The fourth-order valence-electron chi connectivity index (χ4n) is 8.48. The van der Waals surface area contributed by atoms with Crippen LogP contribution in [0.3, 0.4) is 0 Å². The van der Waals surface area contributed by atoms with Crippen molar-refractivity contribution in [2.75, 3.05) is 0 Å². The molecule has 0 saturated carbocycles. The average molecular weight is 889 g/mol. The van der Waals surface area contributed by atoms with Crippen molar-refractivity contribution in [3.63, 3.8) is 0 Å². The summed E-state index contributed by atoms with van der Waals surface area (Å²) < 4.78 is 86.8. The number of nitrogens with zero attached hydrogens (tertiary/aromatic N) is 6. The second-order valence-corrected chi connectivity index (χ2v) is 15.7. The molecule has 67 heavy (non-hydrogen) atoms. The number of aromatic nitrogens is 4. The fourth-order valence-corrected chi connectivity index (χ4v) is 8.48. The highest BCUT2D eigenvalue weighted by Gasteiger charge is 2.38. The first-order valence-corrected chi connectivity index (χ1v) is 20.8. The minimum atomic E-state index is -5.09. The Labute approximate surface area is 379 Å². The second-order valence-electron chi connectivity index (χ2n) is 15.7. The summed E-state index contributed by atoms with van der Waals surface area (Å²) in [6.45, 7) is 0. The molecule has 8 aromatic carbocycles. The molecule has 0 aliphatic heterocycles. The van der Waals surface area contributed by atoms with Crippen LogP contribution in [0.25, 0.3) is 95.0 Å². The van der Waals surface area contributed by atoms with E-state index in [0.29, 0.717) is 90.0 Å². The van der Waals surface area contributed by atoms with Crippen molar-refractivity contribution < 1.29 is 26.3 Å². The molecule has 0 spiro atoms. The van der Waals surface area contributed by atoms with E-state index in [2.05, 4.69) is 12.1 Å². The van der Waals surface area contributed by atoms with E-state index in [1.807, 2.05) is 108 Å². The lowest BCUT2D eigenvalue weighted by atomic mass is 9.91. The van der Waals surface area contributed by atoms with Crippen LogP contribution in [0.1, 0.15) is 22.3 Å². The molecule has 0 saturated heterocycles. The van der Waals surface area contributed by atoms with Gasteiger partial charge in [0.2, 0.25) is 0 Å². The van der Waals surface area contributed by atoms with Gasteiger partial charge in [0.15, 0.2) is 17.5 Å². The minimum Gasteiger partial charge on any atom is -0.308 e. The number of alkyl halides is 6. The third kappa shape index (κ3) is 7.91. The Kier molecular flexibility index (Phi) is 10.4. The molecule has 0 fully saturated rings. The highest BCUT2D eigenvalue weighted by molar-refractivity contribution is 6.12. The van der Waals surface area contributed by atoms with Crippen molar-refractivity contribution in [1.82, 2.24) is 19.5 Å². The first-order chi connectivity index (χ1) is 32.4. The molecule has 2 aromatic heterocycles.